The molecule has 2 nitrogen and oxygen atoms in total. The molecule has 9 aromatic rings. The molecule has 0 atom stereocenters. The second kappa shape index (κ2) is 14.1. The molecule has 12 rings (SSSR count). The van der Waals surface area contributed by atoms with Gasteiger partial charge in [0.1, 0.15) is 0 Å². The van der Waals surface area contributed by atoms with Crippen molar-refractivity contribution in [3.05, 3.63) is 187 Å². The van der Waals surface area contributed by atoms with Crippen LogP contribution in [0.4, 0.5) is 27.8 Å². The Morgan fingerprint density at radius 3 is 1.94 bits per heavy atom. The van der Waals surface area contributed by atoms with Crippen LogP contribution in [0.1, 0.15) is 78.0 Å². The number of nitrogens with zero attached hydrogens (tertiary/aromatic N) is 2. The summed E-state index contributed by atoms with van der Waals surface area (Å²) in [4.78, 5) is 5.40. The van der Waals surface area contributed by atoms with Gasteiger partial charge in [0.25, 0.3) is 0 Å². The second-order valence-electron chi connectivity index (χ2n) is 20.8. The average Bonchev–Trinajstić information content (AvgIpc) is 3.69. The highest BCUT2D eigenvalue weighted by Crippen LogP contribution is 2.55. The smallest absolute Gasteiger partial charge is 0.334 e. The van der Waals surface area contributed by atoms with E-state index in [1.54, 1.807) is 0 Å². The molecule has 3 heterocycles. The molecule has 0 unspecified atom stereocenters. The maximum Gasteiger partial charge on any atom is 0.334 e. The van der Waals surface area contributed by atoms with Crippen LogP contribution in [0.5, 0.6) is 0 Å². The van der Waals surface area contributed by atoms with Crippen LogP contribution in [0, 0.1) is 0 Å². The van der Waals surface area contributed by atoms with Crippen LogP contribution in [-0.2, 0) is 16.2 Å². The maximum atomic E-state index is 2.75. The molecule has 0 amide bonds. The Kier molecular flexibility index (Phi) is 8.63. The number of thiophene rings is 1. The Morgan fingerprint density at radius 2 is 1.19 bits per heavy atom. The predicted octanol–water partition coefficient (Wildman–Crippen LogP) is 15.7. The standard InChI is InChI=1S/C60H53BN2S/c1-58(2,3)42-27-31-50(47(36-42)39-20-12-9-13-21-39)62-52-35-41-22-14-15-23-44(41)54-45-29-26-40(38-18-10-8-11-19-38)34-51(45)63(43-28-30-48-49(37-43)60(6,7)33-32-59(48,4)5)61(56(52)54)55-46-24-16-17-25-53(46)64-57(55)62/h8-31,34-37H,32-33H2,1-7H3. The van der Waals surface area contributed by atoms with E-state index in [9.17, 15) is 0 Å². The van der Waals surface area contributed by atoms with E-state index in [4.69, 9.17) is 0 Å². The van der Waals surface area contributed by atoms with Crippen LogP contribution in [0.25, 0.3) is 54.2 Å². The van der Waals surface area contributed by atoms with E-state index in [1.165, 1.54) is 122 Å². The van der Waals surface area contributed by atoms with Gasteiger partial charge in [0.05, 0.1) is 10.7 Å². The molecule has 0 saturated carbocycles. The molecule has 2 aliphatic heterocycles. The third kappa shape index (κ3) is 5.91. The lowest BCUT2D eigenvalue weighted by molar-refractivity contribution is 0.332. The lowest BCUT2D eigenvalue weighted by Gasteiger charge is -2.47. The lowest BCUT2D eigenvalue weighted by atomic mass is 9.43. The molecule has 1 aromatic heterocycles. The zero-order valence-electron chi connectivity index (χ0n) is 38.0. The first kappa shape index (κ1) is 39.3. The van der Waals surface area contributed by atoms with Crippen LogP contribution in [0.2, 0.25) is 0 Å². The van der Waals surface area contributed by atoms with Gasteiger partial charge in [-0.3, -0.25) is 0 Å². The molecule has 8 aromatic carbocycles. The summed E-state index contributed by atoms with van der Waals surface area (Å²) < 4.78 is 1.31. The van der Waals surface area contributed by atoms with Crippen molar-refractivity contribution in [2.24, 2.45) is 0 Å². The summed E-state index contributed by atoms with van der Waals surface area (Å²) in [5.41, 5.74) is 19.7. The van der Waals surface area contributed by atoms with Gasteiger partial charge < -0.3 is 9.71 Å². The quantitative estimate of drug-likeness (QED) is 0.163. The molecule has 312 valence electrons. The molecule has 0 radical (unpaired) electrons. The molecule has 0 bridgehead atoms. The fraction of sp³-hybridized carbons (Fsp3) is 0.200. The van der Waals surface area contributed by atoms with E-state index in [-0.39, 0.29) is 23.1 Å². The topological polar surface area (TPSA) is 6.48 Å². The Balaban J connectivity index is 1.23. The molecule has 0 fully saturated rings. The summed E-state index contributed by atoms with van der Waals surface area (Å²) in [6.45, 7) is 16.7. The maximum absolute atomic E-state index is 2.75. The summed E-state index contributed by atoms with van der Waals surface area (Å²) in [6.07, 6.45) is 2.35. The first-order chi connectivity index (χ1) is 30.9. The molecule has 4 heteroatoms. The zero-order valence-corrected chi connectivity index (χ0v) is 38.8. The Morgan fingerprint density at radius 1 is 0.516 bits per heavy atom. The van der Waals surface area contributed by atoms with Gasteiger partial charge in [-0.05, 0) is 138 Å². The van der Waals surface area contributed by atoms with Crippen LogP contribution in [0.15, 0.2) is 170 Å². The summed E-state index contributed by atoms with van der Waals surface area (Å²) in [6, 6.07) is 64.8. The third-order valence-electron chi connectivity index (χ3n) is 14.9. The average molecular weight is 845 g/mol. The largest absolute Gasteiger partial charge is 0.376 e. The van der Waals surface area contributed by atoms with Crippen molar-refractivity contribution in [3.63, 3.8) is 0 Å². The van der Waals surface area contributed by atoms with Crippen LogP contribution >= 0.6 is 11.3 Å². The summed E-state index contributed by atoms with van der Waals surface area (Å²) in [5.74, 6) is 0. The van der Waals surface area contributed by atoms with E-state index >= 15 is 0 Å². The lowest BCUT2D eigenvalue weighted by Crippen LogP contribution is -2.61. The van der Waals surface area contributed by atoms with Gasteiger partial charge in [-0.25, -0.2) is 0 Å². The van der Waals surface area contributed by atoms with Crippen molar-refractivity contribution in [2.45, 2.75) is 77.6 Å². The van der Waals surface area contributed by atoms with Crippen molar-refractivity contribution in [3.8, 4) is 33.4 Å². The minimum absolute atomic E-state index is 0.0125. The summed E-state index contributed by atoms with van der Waals surface area (Å²) >= 11 is 1.93. The molecular formula is C60H53BN2S. The van der Waals surface area contributed by atoms with E-state index in [0.717, 1.165) is 0 Å². The van der Waals surface area contributed by atoms with Gasteiger partial charge in [0.15, 0.2) is 0 Å². The van der Waals surface area contributed by atoms with Crippen molar-refractivity contribution < 1.29 is 0 Å². The molecule has 64 heavy (non-hydrogen) atoms. The van der Waals surface area contributed by atoms with Gasteiger partial charge >= 0.3 is 6.85 Å². The van der Waals surface area contributed by atoms with Gasteiger partial charge in [0, 0.05) is 32.9 Å². The zero-order chi connectivity index (χ0) is 43.7. The fourth-order valence-electron chi connectivity index (χ4n) is 11.3. The molecule has 1 aliphatic carbocycles. The third-order valence-corrected chi connectivity index (χ3v) is 16.0. The number of hydrogen-bond donors (Lipinski definition) is 0. The number of rotatable bonds is 4. The van der Waals surface area contributed by atoms with E-state index in [1.807, 2.05) is 11.3 Å². The Bertz CT molecular complexity index is 3340. The highest BCUT2D eigenvalue weighted by molar-refractivity contribution is 7.26. The van der Waals surface area contributed by atoms with Crippen LogP contribution in [0.3, 0.4) is 0 Å². The fourth-order valence-corrected chi connectivity index (χ4v) is 12.5. The summed E-state index contributed by atoms with van der Waals surface area (Å²) in [5, 5.41) is 5.15. The monoisotopic (exact) mass is 844 g/mol. The van der Waals surface area contributed by atoms with Crippen LogP contribution < -0.4 is 20.6 Å². The highest BCUT2D eigenvalue weighted by atomic mass is 32.1. The van der Waals surface area contributed by atoms with Crippen molar-refractivity contribution in [1.82, 2.24) is 0 Å². The highest BCUT2D eigenvalue weighted by Gasteiger charge is 2.48. The normalized spacial score (nSPS) is 15.8. The first-order valence-electron chi connectivity index (χ1n) is 23.1. The SMILES string of the molecule is CC(C)(C)c1ccc(N2c3cc4ccccc4c4c3B(c3c2sc2ccccc32)N(c2ccc3c(c2)C(C)(C)CCC3(C)C)c2cc(-c3ccccc3)ccc2-4)c(-c2ccccc2)c1. The van der Waals surface area contributed by atoms with E-state index in [2.05, 4.69) is 228 Å². The van der Waals surface area contributed by atoms with Crippen LogP contribution in [-0.4, -0.2) is 6.85 Å². The predicted molar refractivity (Wildman–Crippen MR) is 278 cm³/mol. The summed E-state index contributed by atoms with van der Waals surface area (Å²) in [7, 11) is 0. The van der Waals surface area contributed by atoms with Gasteiger partial charge in [-0.1, -0.05) is 176 Å². The van der Waals surface area contributed by atoms with Gasteiger partial charge in [-0.2, -0.15) is 0 Å². The minimum atomic E-state index is -0.0951. The Hall–Kier alpha value is -6.36. The van der Waals surface area contributed by atoms with E-state index < -0.39 is 0 Å². The number of hydrogen-bond acceptors (Lipinski definition) is 3. The molecule has 0 N–H and O–H groups in total. The second-order valence-corrected chi connectivity index (χ2v) is 21.8. The minimum Gasteiger partial charge on any atom is -0.376 e. The molecular weight excluding hydrogens is 792 g/mol. The number of benzene rings is 8. The molecule has 0 spiro atoms. The van der Waals surface area contributed by atoms with Gasteiger partial charge in [-0.15, -0.1) is 11.3 Å². The first-order valence-corrected chi connectivity index (χ1v) is 23.9. The number of fused-ring (bicyclic) bond motifs is 9. The number of anilines is 5. The van der Waals surface area contributed by atoms with E-state index in [0.29, 0.717) is 0 Å². The molecule has 3 aliphatic rings. The Labute approximate surface area is 383 Å². The van der Waals surface area contributed by atoms with Gasteiger partial charge in [0.2, 0.25) is 0 Å². The molecule has 0 saturated heterocycles. The van der Waals surface area contributed by atoms with Crippen molar-refractivity contribution in [2.75, 3.05) is 9.71 Å². The van der Waals surface area contributed by atoms with Crippen molar-refractivity contribution in [1.29, 1.82) is 0 Å². The van der Waals surface area contributed by atoms with Crippen molar-refractivity contribution >= 4 is 77.7 Å².